The van der Waals surface area contributed by atoms with E-state index < -0.39 is 0 Å². The highest BCUT2D eigenvalue weighted by atomic mass is 32.1. The van der Waals surface area contributed by atoms with E-state index in [-0.39, 0.29) is 24.2 Å². The van der Waals surface area contributed by atoms with Gasteiger partial charge in [-0.3, -0.25) is 5.41 Å². The second-order valence-corrected chi connectivity index (χ2v) is 8.17. The zero-order chi connectivity index (χ0) is 21.4. The van der Waals surface area contributed by atoms with Crippen molar-refractivity contribution >= 4 is 22.7 Å². The molecule has 2 aliphatic rings. The van der Waals surface area contributed by atoms with Crippen LogP contribution in [0.3, 0.4) is 0 Å². The quantitative estimate of drug-likeness (QED) is 0.624. The van der Waals surface area contributed by atoms with Crippen LogP contribution in [0.15, 0.2) is 59.7 Å². The summed E-state index contributed by atoms with van der Waals surface area (Å²) in [7, 11) is 1.63. The Kier molecular flexibility index (Phi) is 4.99. The Morgan fingerprint density at radius 3 is 2.74 bits per heavy atom. The molecule has 0 spiro atoms. The summed E-state index contributed by atoms with van der Waals surface area (Å²) in [6.07, 6.45) is -0.228. The van der Waals surface area contributed by atoms with Crippen LogP contribution >= 0.6 is 11.3 Å². The number of aliphatic hydroxyl groups excluding tert-OH is 1. The Labute approximate surface area is 183 Å². The number of nitrogens with one attached hydrogen (secondary N) is 1. The lowest BCUT2D eigenvalue weighted by molar-refractivity contribution is 0.0751. The molecule has 0 saturated heterocycles. The first-order valence-corrected chi connectivity index (χ1v) is 10.7. The number of rotatable bonds is 5. The summed E-state index contributed by atoms with van der Waals surface area (Å²) >= 11 is 1.41. The number of aromatic nitrogens is 1. The van der Waals surface area contributed by atoms with Crippen LogP contribution in [0.4, 0.5) is 0 Å². The van der Waals surface area contributed by atoms with Crippen molar-refractivity contribution < 1.29 is 19.3 Å². The molecule has 1 aromatic heterocycles. The molecule has 2 aliphatic heterocycles. The van der Waals surface area contributed by atoms with E-state index in [1.807, 2.05) is 53.9 Å². The fraction of sp³-hybridized carbons (Fsp3) is 0.217. The highest BCUT2D eigenvalue weighted by Crippen LogP contribution is 2.34. The van der Waals surface area contributed by atoms with Gasteiger partial charge < -0.3 is 24.2 Å². The predicted octanol–water partition coefficient (Wildman–Crippen LogP) is 4.22. The minimum atomic E-state index is -0.228. The van der Waals surface area contributed by atoms with Crippen molar-refractivity contribution in [3.63, 3.8) is 0 Å². The third-order valence-electron chi connectivity index (χ3n) is 5.28. The Morgan fingerprint density at radius 1 is 1.19 bits per heavy atom. The summed E-state index contributed by atoms with van der Waals surface area (Å²) in [5.41, 5.74) is 2.23. The monoisotopic (exact) mass is 435 g/mol. The summed E-state index contributed by atoms with van der Waals surface area (Å²) < 4.78 is 17.0. The van der Waals surface area contributed by atoms with E-state index in [0.717, 1.165) is 22.8 Å². The molecule has 2 aromatic carbocycles. The van der Waals surface area contributed by atoms with Crippen molar-refractivity contribution in [1.82, 2.24) is 9.88 Å². The molecule has 0 saturated carbocycles. The van der Waals surface area contributed by atoms with Gasteiger partial charge in [0, 0.05) is 10.9 Å². The van der Waals surface area contributed by atoms with Gasteiger partial charge in [-0.25, -0.2) is 4.98 Å². The molecular weight excluding hydrogens is 414 g/mol. The van der Waals surface area contributed by atoms with Gasteiger partial charge >= 0.3 is 0 Å². The molecule has 1 atom stereocenters. The number of fused-ring (bicyclic) bond motifs is 1. The average molecular weight is 436 g/mol. The Morgan fingerprint density at radius 2 is 1.97 bits per heavy atom. The second-order valence-electron chi connectivity index (χ2n) is 7.31. The molecular formula is C23H21N3O4S. The molecule has 8 heteroatoms. The SMILES string of the molecule is COc1ccc(-c2csc(C3=C(O)CN(CC4COc5ccccc5O4)C3=N)n2)cc1. The molecule has 5 rings (SSSR count). The van der Waals surface area contributed by atoms with E-state index in [1.54, 1.807) is 12.0 Å². The first-order chi connectivity index (χ1) is 15.1. The largest absolute Gasteiger partial charge is 0.510 e. The predicted molar refractivity (Wildman–Crippen MR) is 119 cm³/mol. The molecule has 0 amide bonds. The van der Waals surface area contributed by atoms with E-state index >= 15 is 0 Å². The van der Waals surface area contributed by atoms with Crippen molar-refractivity contribution in [2.24, 2.45) is 0 Å². The summed E-state index contributed by atoms with van der Waals surface area (Å²) in [4.78, 5) is 6.46. The van der Waals surface area contributed by atoms with Gasteiger partial charge in [-0.05, 0) is 36.4 Å². The van der Waals surface area contributed by atoms with E-state index in [2.05, 4.69) is 4.98 Å². The molecule has 0 radical (unpaired) electrons. The van der Waals surface area contributed by atoms with Crippen LogP contribution in [0.2, 0.25) is 0 Å². The van der Waals surface area contributed by atoms with E-state index in [4.69, 9.17) is 19.6 Å². The van der Waals surface area contributed by atoms with Crippen molar-refractivity contribution in [3.05, 3.63) is 64.7 Å². The zero-order valence-electron chi connectivity index (χ0n) is 16.9. The number of hydrogen-bond acceptors (Lipinski definition) is 7. The first kappa shape index (κ1) is 19.4. The number of nitrogens with zero attached hydrogens (tertiary/aromatic N) is 2. The molecule has 158 valence electrons. The number of thiazole rings is 1. The molecule has 0 fully saturated rings. The summed E-state index contributed by atoms with van der Waals surface area (Å²) in [5.74, 6) is 2.61. The van der Waals surface area contributed by atoms with Gasteiger partial charge in [-0.1, -0.05) is 12.1 Å². The number of amidine groups is 1. The average Bonchev–Trinajstić information content (AvgIpc) is 3.38. The minimum Gasteiger partial charge on any atom is -0.510 e. The number of para-hydroxylation sites is 2. The van der Waals surface area contributed by atoms with Gasteiger partial charge in [0.05, 0.1) is 31.5 Å². The van der Waals surface area contributed by atoms with Crippen LogP contribution < -0.4 is 14.2 Å². The molecule has 2 N–H and O–H groups in total. The number of benzene rings is 2. The van der Waals surface area contributed by atoms with Crippen LogP contribution in [-0.4, -0.2) is 53.7 Å². The van der Waals surface area contributed by atoms with Gasteiger partial charge in [-0.15, -0.1) is 11.3 Å². The van der Waals surface area contributed by atoms with Crippen LogP contribution in [0.1, 0.15) is 5.01 Å². The molecule has 0 aliphatic carbocycles. The van der Waals surface area contributed by atoms with Gasteiger partial charge in [0.1, 0.15) is 29.0 Å². The van der Waals surface area contributed by atoms with Crippen molar-refractivity contribution in [2.45, 2.75) is 6.10 Å². The summed E-state index contributed by atoms with van der Waals surface area (Å²) in [5, 5.41) is 21.8. The van der Waals surface area contributed by atoms with Crippen molar-refractivity contribution in [3.8, 4) is 28.5 Å². The fourth-order valence-corrected chi connectivity index (χ4v) is 4.59. The maximum atomic E-state index is 10.6. The molecule has 0 bridgehead atoms. The normalized spacial score (nSPS) is 17.9. The number of methoxy groups -OCH3 is 1. The van der Waals surface area contributed by atoms with Gasteiger partial charge in [0.25, 0.3) is 0 Å². The standard InChI is InChI=1S/C23H21N3O4S/c1-28-15-8-6-14(7-9-15)17-13-31-23(25-17)21-18(27)11-26(22(21)24)10-16-12-29-19-4-2-3-5-20(19)30-16/h2-9,13,16,24,27H,10-12H2,1H3. The molecule has 1 unspecified atom stereocenters. The Balaban J connectivity index is 1.30. The number of aliphatic hydroxyl groups is 1. The van der Waals surface area contributed by atoms with Gasteiger partial charge in [0.15, 0.2) is 17.6 Å². The molecule has 3 aromatic rings. The van der Waals surface area contributed by atoms with E-state index in [9.17, 15) is 5.11 Å². The third-order valence-corrected chi connectivity index (χ3v) is 6.14. The third kappa shape index (κ3) is 3.70. The molecule has 31 heavy (non-hydrogen) atoms. The van der Waals surface area contributed by atoms with E-state index in [1.165, 1.54) is 11.3 Å². The van der Waals surface area contributed by atoms with E-state index in [0.29, 0.717) is 29.5 Å². The molecule has 3 heterocycles. The Bertz CT molecular complexity index is 1160. The van der Waals surface area contributed by atoms with Crippen molar-refractivity contribution in [2.75, 3.05) is 26.8 Å². The lowest BCUT2D eigenvalue weighted by Gasteiger charge is -2.30. The zero-order valence-corrected chi connectivity index (χ0v) is 17.7. The highest BCUT2D eigenvalue weighted by Gasteiger charge is 2.33. The maximum absolute atomic E-state index is 10.6. The van der Waals surface area contributed by atoms with Crippen LogP contribution in [-0.2, 0) is 0 Å². The lowest BCUT2D eigenvalue weighted by Crippen LogP contribution is -2.42. The Hall–Kier alpha value is -3.52. The van der Waals surface area contributed by atoms with Crippen LogP contribution in [0, 0.1) is 5.41 Å². The van der Waals surface area contributed by atoms with Crippen molar-refractivity contribution in [1.29, 1.82) is 5.41 Å². The first-order valence-electron chi connectivity index (χ1n) is 9.87. The number of ether oxygens (including phenoxy) is 3. The van der Waals surface area contributed by atoms with Crippen LogP contribution in [0.25, 0.3) is 16.8 Å². The van der Waals surface area contributed by atoms with Gasteiger partial charge in [-0.2, -0.15) is 0 Å². The maximum Gasteiger partial charge on any atom is 0.161 e. The smallest absolute Gasteiger partial charge is 0.161 e. The lowest BCUT2D eigenvalue weighted by atomic mass is 10.1. The topological polar surface area (TPSA) is 87.9 Å². The molecule has 7 nitrogen and oxygen atoms in total. The minimum absolute atomic E-state index is 0.151. The fourth-order valence-electron chi connectivity index (χ4n) is 3.70. The number of hydrogen-bond donors (Lipinski definition) is 2. The second kappa shape index (κ2) is 7.96. The van der Waals surface area contributed by atoms with Gasteiger partial charge in [0.2, 0.25) is 0 Å². The highest BCUT2D eigenvalue weighted by molar-refractivity contribution is 7.11. The summed E-state index contributed by atoms with van der Waals surface area (Å²) in [6, 6.07) is 15.2. The van der Waals surface area contributed by atoms with Crippen LogP contribution in [0.5, 0.6) is 17.2 Å². The summed E-state index contributed by atoms with van der Waals surface area (Å²) in [6.45, 7) is 1.10.